The van der Waals surface area contributed by atoms with Crippen molar-refractivity contribution in [3.8, 4) is 5.75 Å². The van der Waals surface area contributed by atoms with Crippen LogP contribution >= 0.6 is 0 Å². The van der Waals surface area contributed by atoms with Gasteiger partial charge in [0.2, 0.25) is 5.91 Å². The van der Waals surface area contributed by atoms with Crippen molar-refractivity contribution in [1.82, 2.24) is 9.80 Å². The molecule has 3 rings (SSSR count). The van der Waals surface area contributed by atoms with E-state index in [9.17, 15) is 9.90 Å². The maximum absolute atomic E-state index is 12.6. The minimum Gasteiger partial charge on any atom is -0.497 e. The molecule has 2 aliphatic heterocycles. The van der Waals surface area contributed by atoms with Crippen LogP contribution in [-0.4, -0.2) is 60.7 Å². The molecule has 2 fully saturated rings. The van der Waals surface area contributed by atoms with Gasteiger partial charge in [-0.25, -0.2) is 0 Å². The molecule has 0 radical (unpaired) electrons. The monoisotopic (exact) mass is 346 g/mol. The van der Waals surface area contributed by atoms with Crippen LogP contribution in [0.1, 0.15) is 31.7 Å². The van der Waals surface area contributed by atoms with Crippen molar-refractivity contribution in [3.63, 3.8) is 0 Å². The van der Waals surface area contributed by atoms with Gasteiger partial charge in [-0.05, 0) is 55.0 Å². The summed E-state index contributed by atoms with van der Waals surface area (Å²) in [6.07, 6.45) is 2.83. The molecule has 0 bridgehead atoms. The molecule has 138 valence electrons. The Kier molecular flexibility index (Phi) is 5.64. The second kappa shape index (κ2) is 7.75. The topological polar surface area (TPSA) is 53.0 Å². The van der Waals surface area contributed by atoms with Crippen molar-refractivity contribution in [2.45, 2.75) is 32.7 Å². The summed E-state index contributed by atoms with van der Waals surface area (Å²) < 4.78 is 5.28. The summed E-state index contributed by atoms with van der Waals surface area (Å²) in [5.74, 6) is 1.44. The quantitative estimate of drug-likeness (QED) is 0.857. The fourth-order valence-corrected chi connectivity index (χ4v) is 4.16. The molecule has 0 aliphatic carbocycles. The summed E-state index contributed by atoms with van der Waals surface area (Å²) in [6.45, 7) is 6.88. The first-order valence-corrected chi connectivity index (χ1v) is 9.27. The molecule has 5 heteroatoms. The third kappa shape index (κ3) is 4.33. The Morgan fingerprint density at radius 3 is 2.76 bits per heavy atom. The minimum absolute atomic E-state index is 0.148. The fourth-order valence-electron chi connectivity index (χ4n) is 4.16. The normalized spacial score (nSPS) is 21.7. The van der Waals surface area contributed by atoms with Crippen LogP contribution in [0.4, 0.5) is 0 Å². The first-order valence-electron chi connectivity index (χ1n) is 9.27. The van der Waals surface area contributed by atoms with E-state index in [4.69, 9.17) is 4.74 Å². The second-order valence-corrected chi connectivity index (χ2v) is 7.87. The molecule has 1 spiro atoms. The van der Waals surface area contributed by atoms with Crippen molar-refractivity contribution >= 4 is 5.91 Å². The van der Waals surface area contributed by atoms with E-state index >= 15 is 0 Å². The number of ether oxygens (including phenoxy) is 1. The van der Waals surface area contributed by atoms with Crippen LogP contribution in [0.5, 0.6) is 5.75 Å². The highest BCUT2D eigenvalue weighted by Crippen LogP contribution is 2.41. The average molecular weight is 346 g/mol. The molecule has 2 heterocycles. The van der Waals surface area contributed by atoms with E-state index in [1.165, 1.54) is 0 Å². The highest BCUT2D eigenvalue weighted by atomic mass is 16.5. The molecular weight excluding hydrogens is 316 g/mol. The number of nitrogens with zero attached hydrogens (tertiary/aromatic N) is 2. The van der Waals surface area contributed by atoms with E-state index in [2.05, 4.69) is 17.9 Å². The Labute approximate surface area is 150 Å². The molecule has 1 N–H and O–H groups in total. The van der Waals surface area contributed by atoms with Crippen LogP contribution in [0.2, 0.25) is 0 Å². The highest BCUT2D eigenvalue weighted by Gasteiger charge is 2.44. The number of methoxy groups -OCH3 is 1. The Hall–Kier alpha value is -1.59. The van der Waals surface area contributed by atoms with Crippen LogP contribution in [0.25, 0.3) is 0 Å². The molecule has 1 aromatic rings. The highest BCUT2D eigenvalue weighted by molar-refractivity contribution is 5.79. The molecule has 5 nitrogen and oxygen atoms in total. The third-order valence-electron chi connectivity index (χ3n) is 5.71. The van der Waals surface area contributed by atoms with Crippen molar-refractivity contribution in [2.24, 2.45) is 11.3 Å². The van der Waals surface area contributed by atoms with Crippen molar-refractivity contribution in [1.29, 1.82) is 0 Å². The number of aliphatic hydroxyl groups is 1. The Bertz CT molecular complexity index is 596. The number of hydrogen-bond donors (Lipinski definition) is 1. The summed E-state index contributed by atoms with van der Waals surface area (Å²) in [6, 6.07) is 7.97. The van der Waals surface area contributed by atoms with Gasteiger partial charge in [0.15, 0.2) is 0 Å². The van der Waals surface area contributed by atoms with Crippen LogP contribution in [0.3, 0.4) is 0 Å². The van der Waals surface area contributed by atoms with E-state index in [1.54, 1.807) is 7.11 Å². The lowest BCUT2D eigenvalue weighted by molar-refractivity contribution is -0.128. The molecule has 2 saturated heterocycles. The number of carbonyl (C=O) groups is 1. The Morgan fingerprint density at radius 2 is 2.08 bits per heavy atom. The smallest absolute Gasteiger partial charge is 0.223 e. The third-order valence-corrected chi connectivity index (χ3v) is 5.71. The van der Waals surface area contributed by atoms with Gasteiger partial charge in [-0.15, -0.1) is 0 Å². The summed E-state index contributed by atoms with van der Waals surface area (Å²) >= 11 is 0. The molecule has 2 aliphatic rings. The van der Waals surface area contributed by atoms with E-state index in [-0.39, 0.29) is 17.9 Å². The van der Waals surface area contributed by atoms with Gasteiger partial charge in [-0.2, -0.15) is 0 Å². The molecule has 0 saturated carbocycles. The zero-order valence-electron chi connectivity index (χ0n) is 15.4. The number of benzene rings is 1. The maximum atomic E-state index is 12.6. The standard InChI is InChI=1S/C20H30N2O3/c1-16(14-23)12-21-8-6-20(7-9-21)11-19(24)22(15-20)13-17-4-3-5-18(10-17)25-2/h3-5,10,16,23H,6-9,11-15H2,1-2H3/t16-/m0/s1. The zero-order valence-corrected chi connectivity index (χ0v) is 15.4. The molecule has 1 atom stereocenters. The summed E-state index contributed by atoms with van der Waals surface area (Å²) in [5.41, 5.74) is 1.27. The predicted octanol–water partition coefficient (Wildman–Crippen LogP) is 2.14. The SMILES string of the molecule is COc1cccc(CN2CC3(CCN(C[C@H](C)CO)CC3)CC2=O)c1. The summed E-state index contributed by atoms with van der Waals surface area (Å²) in [5, 5.41) is 9.23. The number of piperidine rings is 1. The first-order chi connectivity index (χ1) is 12.0. The molecule has 0 aromatic heterocycles. The summed E-state index contributed by atoms with van der Waals surface area (Å²) in [7, 11) is 1.67. The molecule has 1 aromatic carbocycles. The first kappa shape index (κ1) is 18.2. The van der Waals surface area contributed by atoms with Gasteiger partial charge in [-0.3, -0.25) is 4.79 Å². The van der Waals surface area contributed by atoms with Gasteiger partial charge < -0.3 is 19.6 Å². The number of amides is 1. The molecular formula is C20H30N2O3. The van der Waals surface area contributed by atoms with Gasteiger partial charge in [0.1, 0.15) is 5.75 Å². The van der Waals surface area contributed by atoms with E-state index < -0.39 is 0 Å². The van der Waals surface area contributed by atoms with Gasteiger partial charge in [0.25, 0.3) is 0 Å². The molecule has 25 heavy (non-hydrogen) atoms. The van der Waals surface area contributed by atoms with E-state index in [0.29, 0.717) is 18.9 Å². The number of carbonyl (C=O) groups excluding carboxylic acids is 1. The number of rotatable bonds is 6. The number of aliphatic hydroxyl groups excluding tert-OH is 1. The van der Waals surface area contributed by atoms with E-state index in [1.807, 2.05) is 23.1 Å². The van der Waals surface area contributed by atoms with Crippen molar-refractivity contribution in [3.05, 3.63) is 29.8 Å². The number of hydrogen-bond acceptors (Lipinski definition) is 4. The Morgan fingerprint density at radius 1 is 1.32 bits per heavy atom. The van der Waals surface area contributed by atoms with Gasteiger partial charge in [0.05, 0.1) is 7.11 Å². The lowest BCUT2D eigenvalue weighted by Gasteiger charge is -2.39. The van der Waals surface area contributed by atoms with Gasteiger partial charge >= 0.3 is 0 Å². The van der Waals surface area contributed by atoms with E-state index in [0.717, 1.165) is 50.3 Å². The lowest BCUT2D eigenvalue weighted by Crippen LogP contribution is -2.43. The maximum Gasteiger partial charge on any atom is 0.223 e. The van der Waals surface area contributed by atoms with Gasteiger partial charge in [0, 0.05) is 32.7 Å². The van der Waals surface area contributed by atoms with Crippen molar-refractivity contribution < 1.29 is 14.6 Å². The second-order valence-electron chi connectivity index (χ2n) is 7.87. The molecule has 0 unspecified atom stereocenters. The van der Waals surface area contributed by atoms with Crippen LogP contribution in [0, 0.1) is 11.3 Å². The fraction of sp³-hybridized carbons (Fsp3) is 0.650. The predicted molar refractivity (Wildman–Crippen MR) is 97.4 cm³/mol. The zero-order chi connectivity index (χ0) is 17.9. The van der Waals surface area contributed by atoms with Crippen molar-refractivity contribution in [2.75, 3.05) is 39.9 Å². The van der Waals surface area contributed by atoms with Crippen LogP contribution < -0.4 is 4.74 Å². The van der Waals surface area contributed by atoms with Crippen LogP contribution in [-0.2, 0) is 11.3 Å². The Balaban J connectivity index is 1.57. The number of likely N-dealkylation sites (tertiary alicyclic amines) is 2. The average Bonchev–Trinajstić information content (AvgIpc) is 2.92. The van der Waals surface area contributed by atoms with Gasteiger partial charge in [-0.1, -0.05) is 19.1 Å². The lowest BCUT2D eigenvalue weighted by atomic mass is 9.77. The minimum atomic E-state index is 0.148. The largest absolute Gasteiger partial charge is 0.497 e. The van der Waals surface area contributed by atoms with Crippen LogP contribution in [0.15, 0.2) is 24.3 Å². The summed E-state index contributed by atoms with van der Waals surface area (Å²) in [4.78, 5) is 17.0. The molecule has 1 amide bonds.